The first-order valence-electron chi connectivity index (χ1n) is 8.02. The van der Waals surface area contributed by atoms with Gasteiger partial charge in [0.2, 0.25) is 5.91 Å². The number of benzene rings is 2. The largest absolute Gasteiger partial charge is 0.497 e. The minimum absolute atomic E-state index is 0.210. The van der Waals surface area contributed by atoms with Crippen molar-refractivity contribution in [3.05, 3.63) is 52.8 Å². The summed E-state index contributed by atoms with van der Waals surface area (Å²) in [6, 6.07) is 9.12. The zero-order valence-electron chi connectivity index (χ0n) is 15.2. The number of hydrogen-bond donors (Lipinski definition) is 1. The first kappa shape index (κ1) is 20.0. The monoisotopic (exact) mass is 380 g/mol. The Morgan fingerprint density at radius 1 is 1.23 bits per heavy atom. The third-order valence-corrected chi connectivity index (χ3v) is 4.48. The van der Waals surface area contributed by atoms with E-state index in [0.29, 0.717) is 27.8 Å². The fourth-order valence-electron chi connectivity index (χ4n) is 2.40. The summed E-state index contributed by atoms with van der Waals surface area (Å²) in [6.45, 7) is 1.95. The van der Waals surface area contributed by atoms with Crippen molar-refractivity contribution < 1.29 is 18.7 Å². The Morgan fingerprint density at radius 3 is 2.38 bits per heavy atom. The van der Waals surface area contributed by atoms with Crippen LogP contribution in [0.4, 0.5) is 10.1 Å². The average Bonchev–Trinajstić information content (AvgIpc) is 2.63. The number of rotatable bonds is 7. The molecule has 26 heavy (non-hydrogen) atoms. The summed E-state index contributed by atoms with van der Waals surface area (Å²) in [5, 5.41) is 3.15. The van der Waals surface area contributed by atoms with Crippen molar-refractivity contribution >= 4 is 23.2 Å². The predicted molar refractivity (Wildman–Crippen MR) is 101 cm³/mol. The number of carbonyl (C=O) groups is 1. The summed E-state index contributed by atoms with van der Waals surface area (Å²) in [4.78, 5) is 14.3. The standard InChI is InChI=1S/C19H22ClFN2O3/c1-12(23(2)11-16-17(20)6-5-7-18(16)21)19(24)22-13-8-14(25-3)10-15(9-13)26-4/h5-10,12H,11H2,1-4H3,(H,22,24). The molecule has 140 valence electrons. The molecule has 1 atom stereocenters. The maximum atomic E-state index is 13.9. The van der Waals surface area contributed by atoms with E-state index < -0.39 is 11.9 Å². The van der Waals surface area contributed by atoms with Gasteiger partial charge in [-0.25, -0.2) is 4.39 Å². The van der Waals surface area contributed by atoms with E-state index in [4.69, 9.17) is 21.1 Å². The number of methoxy groups -OCH3 is 2. The number of carbonyl (C=O) groups excluding carboxylic acids is 1. The van der Waals surface area contributed by atoms with E-state index in [0.717, 1.165) is 0 Å². The van der Waals surface area contributed by atoms with Gasteiger partial charge < -0.3 is 14.8 Å². The third-order valence-electron chi connectivity index (χ3n) is 4.13. The third kappa shape index (κ3) is 4.86. The van der Waals surface area contributed by atoms with Crippen LogP contribution in [0.5, 0.6) is 11.5 Å². The highest BCUT2D eigenvalue weighted by atomic mass is 35.5. The highest BCUT2D eigenvalue weighted by molar-refractivity contribution is 6.31. The molecular formula is C19H22ClFN2O3. The zero-order chi connectivity index (χ0) is 19.3. The SMILES string of the molecule is COc1cc(NC(=O)C(C)N(C)Cc2c(F)cccc2Cl)cc(OC)c1. The highest BCUT2D eigenvalue weighted by Gasteiger charge is 2.21. The lowest BCUT2D eigenvalue weighted by Crippen LogP contribution is -2.39. The summed E-state index contributed by atoms with van der Waals surface area (Å²) >= 11 is 6.06. The molecule has 7 heteroatoms. The van der Waals surface area contributed by atoms with Gasteiger partial charge in [0.15, 0.2) is 0 Å². The number of nitrogens with one attached hydrogen (secondary N) is 1. The van der Waals surface area contributed by atoms with Crippen molar-refractivity contribution in [1.29, 1.82) is 0 Å². The molecule has 0 bridgehead atoms. The van der Waals surface area contributed by atoms with Crippen molar-refractivity contribution in [2.24, 2.45) is 0 Å². The van der Waals surface area contributed by atoms with Crippen LogP contribution in [-0.2, 0) is 11.3 Å². The van der Waals surface area contributed by atoms with Crippen LogP contribution in [0.25, 0.3) is 0 Å². The molecule has 0 fully saturated rings. The lowest BCUT2D eigenvalue weighted by atomic mass is 10.1. The highest BCUT2D eigenvalue weighted by Crippen LogP contribution is 2.26. The van der Waals surface area contributed by atoms with E-state index in [9.17, 15) is 9.18 Å². The zero-order valence-corrected chi connectivity index (χ0v) is 15.9. The second kappa shape index (κ2) is 8.87. The molecule has 0 aliphatic rings. The van der Waals surface area contributed by atoms with Crippen LogP contribution in [0.3, 0.4) is 0 Å². The smallest absolute Gasteiger partial charge is 0.241 e. The minimum Gasteiger partial charge on any atom is -0.497 e. The molecule has 1 N–H and O–H groups in total. The Balaban J connectivity index is 2.09. The van der Waals surface area contributed by atoms with Gasteiger partial charge in [-0.15, -0.1) is 0 Å². The van der Waals surface area contributed by atoms with Gasteiger partial charge in [-0.3, -0.25) is 9.69 Å². The van der Waals surface area contributed by atoms with Crippen LogP contribution in [0.2, 0.25) is 5.02 Å². The quantitative estimate of drug-likeness (QED) is 0.790. The van der Waals surface area contributed by atoms with E-state index in [1.54, 1.807) is 49.2 Å². The van der Waals surface area contributed by atoms with Crippen LogP contribution in [0, 0.1) is 5.82 Å². The van der Waals surface area contributed by atoms with E-state index in [1.165, 1.54) is 20.3 Å². The van der Waals surface area contributed by atoms with Crippen molar-refractivity contribution in [1.82, 2.24) is 4.90 Å². The van der Waals surface area contributed by atoms with E-state index in [-0.39, 0.29) is 12.5 Å². The maximum absolute atomic E-state index is 13.9. The van der Waals surface area contributed by atoms with Crippen LogP contribution in [0.15, 0.2) is 36.4 Å². The van der Waals surface area contributed by atoms with Gasteiger partial charge in [-0.1, -0.05) is 17.7 Å². The molecular weight excluding hydrogens is 359 g/mol. The van der Waals surface area contributed by atoms with Gasteiger partial charge in [-0.2, -0.15) is 0 Å². The summed E-state index contributed by atoms with van der Waals surface area (Å²) in [6.07, 6.45) is 0. The molecule has 1 unspecified atom stereocenters. The second-order valence-corrected chi connectivity index (χ2v) is 6.29. The molecule has 0 heterocycles. The average molecular weight is 381 g/mol. The number of amides is 1. The van der Waals surface area contributed by atoms with Gasteiger partial charge in [0, 0.05) is 41.0 Å². The molecule has 0 saturated heterocycles. The van der Waals surface area contributed by atoms with E-state index in [1.807, 2.05) is 0 Å². The van der Waals surface area contributed by atoms with Crippen LogP contribution >= 0.6 is 11.6 Å². The number of nitrogens with zero attached hydrogens (tertiary/aromatic N) is 1. The molecule has 2 aromatic rings. The number of likely N-dealkylation sites (N-methyl/N-ethyl adjacent to an activating group) is 1. The maximum Gasteiger partial charge on any atom is 0.241 e. The first-order valence-corrected chi connectivity index (χ1v) is 8.40. The topological polar surface area (TPSA) is 50.8 Å². The molecule has 1 amide bonds. The fraction of sp³-hybridized carbons (Fsp3) is 0.316. The molecule has 0 aromatic heterocycles. The van der Waals surface area contributed by atoms with Crippen LogP contribution in [0.1, 0.15) is 12.5 Å². The summed E-state index contributed by atoms with van der Waals surface area (Å²) in [5.41, 5.74) is 0.912. The second-order valence-electron chi connectivity index (χ2n) is 5.88. The van der Waals surface area contributed by atoms with E-state index in [2.05, 4.69) is 5.32 Å². The normalized spacial score (nSPS) is 12.0. The Hall–Kier alpha value is -2.31. The first-order chi connectivity index (χ1) is 12.3. The lowest BCUT2D eigenvalue weighted by molar-refractivity contribution is -0.120. The summed E-state index contributed by atoms with van der Waals surface area (Å²) < 4.78 is 24.3. The Labute approximate surface area is 157 Å². The Bertz CT molecular complexity index is 743. The van der Waals surface area contributed by atoms with Gasteiger partial charge in [0.05, 0.1) is 20.3 Å². The molecule has 5 nitrogen and oxygen atoms in total. The number of anilines is 1. The number of hydrogen-bond acceptors (Lipinski definition) is 4. The lowest BCUT2D eigenvalue weighted by Gasteiger charge is -2.24. The molecule has 2 aromatic carbocycles. The molecule has 0 spiro atoms. The predicted octanol–water partition coefficient (Wildman–Crippen LogP) is 3.96. The number of ether oxygens (including phenoxy) is 2. The fourth-order valence-corrected chi connectivity index (χ4v) is 2.62. The molecule has 0 aliphatic heterocycles. The van der Waals surface area contributed by atoms with Gasteiger partial charge in [0.25, 0.3) is 0 Å². The van der Waals surface area contributed by atoms with Crippen LogP contribution < -0.4 is 14.8 Å². The van der Waals surface area contributed by atoms with Crippen molar-refractivity contribution in [2.45, 2.75) is 19.5 Å². The summed E-state index contributed by atoms with van der Waals surface area (Å²) in [7, 11) is 4.81. The van der Waals surface area contributed by atoms with E-state index >= 15 is 0 Å². The van der Waals surface area contributed by atoms with Gasteiger partial charge >= 0.3 is 0 Å². The molecule has 0 aliphatic carbocycles. The molecule has 0 radical (unpaired) electrons. The molecule has 2 rings (SSSR count). The Morgan fingerprint density at radius 2 is 1.85 bits per heavy atom. The molecule has 0 saturated carbocycles. The van der Waals surface area contributed by atoms with Crippen molar-refractivity contribution in [3.63, 3.8) is 0 Å². The van der Waals surface area contributed by atoms with Crippen molar-refractivity contribution in [2.75, 3.05) is 26.6 Å². The minimum atomic E-state index is -0.511. The van der Waals surface area contributed by atoms with Gasteiger partial charge in [0.1, 0.15) is 17.3 Å². The summed E-state index contributed by atoms with van der Waals surface area (Å²) in [5.74, 6) is 0.502. The van der Waals surface area contributed by atoms with Gasteiger partial charge in [-0.05, 0) is 26.1 Å². The Kier molecular flexibility index (Phi) is 6.83. The van der Waals surface area contributed by atoms with Crippen molar-refractivity contribution in [3.8, 4) is 11.5 Å². The van der Waals surface area contributed by atoms with Crippen LogP contribution in [-0.4, -0.2) is 38.1 Å². The number of halogens is 2.